The zero-order chi connectivity index (χ0) is 41.3. The molecule has 0 bridgehead atoms. The van der Waals surface area contributed by atoms with Crippen molar-refractivity contribution in [2.24, 2.45) is 34.8 Å². The summed E-state index contributed by atoms with van der Waals surface area (Å²) in [6, 6.07) is 5.39. The average Bonchev–Trinajstić information content (AvgIpc) is 3.52. The number of carbonyl (C=O) groups is 4. The van der Waals surface area contributed by atoms with Gasteiger partial charge in [-0.3, -0.25) is 14.5 Å². The first-order valence-electron chi connectivity index (χ1n) is 19.2. The first kappa shape index (κ1) is 47.5. The molecule has 0 aliphatic carbocycles. The van der Waals surface area contributed by atoms with Gasteiger partial charge < -0.3 is 48.9 Å². The minimum atomic E-state index is -1.33. The fourth-order valence-electron chi connectivity index (χ4n) is 6.01. The largest absolute Gasteiger partial charge is 0.493 e. The van der Waals surface area contributed by atoms with Crippen LogP contribution >= 0.6 is 0 Å². The number of nitrogens with two attached hydrogens (primary N) is 1. The topological polar surface area (TPSA) is 183 Å². The van der Waals surface area contributed by atoms with Crippen LogP contribution in [0.3, 0.4) is 0 Å². The molecule has 1 fully saturated rings. The zero-order valence-electron chi connectivity index (χ0n) is 34.9. The SMILES string of the molecule is CCOCOC(C)(C)C(=O)OCOC(=O)N1COC(CC(C(=O)NCC(C)(C)C(N)=O)C(C)C)C1CC(Cc1ccc(OC)c(OCCCOC)c1)C(C)C. The molecule has 314 valence electrons. The van der Waals surface area contributed by atoms with E-state index >= 15 is 0 Å². The van der Waals surface area contributed by atoms with Gasteiger partial charge in [0.15, 0.2) is 17.1 Å². The van der Waals surface area contributed by atoms with Crippen molar-refractivity contribution in [1.29, 1.82) is 0 Å². The number of ether oxygens (including phenoxy) is 8. The van der Waals surface area contributed by atoms with E-state index in [0.29, 0.717) is 50.6 Å². The Kier molecular flexibility index (Phi) is 19.7. The number of benzene rings is 1. The molecular weight excluding hydrogens is 714 g/mol. The molecule has 2 rings (SSSR count). The second-order valence-corrected chi connectivity index (χ2v) is 15.8. The maximum atomic E-state index is 13.7. The molecule has 15 heteroatoms. The van der Waals surface area contributed by atoms with Crippen LogP contribution in [-0.4, -0.2) is 107 Å². The van der Waals surface area contributed by atoms with Crippen molar-refractivity contribution < 1.29 is 57.1 Å². The van der Waals surface area contributed by atoms with E-state index in [0.717, 1.165) is 12.0 Å². The average molecular weight is 782 g/mol. The lowest BCUT2D eigenvalue weighted by Crippen LogP contribution is -2.47. The van der Waals surface area contributed by atoms with Crippen molar-refractivity contribution in [2.75, 3.05) is 60.9 Å². The van der Waals surface area contributed by atoms with Crippen molar-refractivity contribution in [1.82, 2.24) is 10.2 Å². The summed E-state index contributed by atoms with van der Waals surface area (Å²) in [6.07, 6.45) is 0.965. The number of rotatable bonds is 25. The van der Waals surface area contributed by atoms with Gasteiger partial charge in [-0.1, -0.05) is 33.8 Å². The molecule has 55 heavy (non-hydrogen) atoms. The highest BCUT2D eigenvalue weighted by molar-refractivity contribution is 5.83. The van der Waals surface area contributed by atoms with Crippen LogP contribution in [0.4, 0.5) is 4.79 Å². The Balaban J connectivity index is 2.34. The Morgan fingerprint density at radius 2 is 1.67 bits per heavy atom. The third-order valence-electron chi connectivity index (χ3n) is 10.0. The maximum absolute atomic E-state index is 13.7. The summed E-state index contributed by atoms with van der Waals surface area (Å²) in [5.74, 6) is -0.545. The van der Waals surface area contributed by atoms with E-state index in [-0.39, 0.29) is 43.7 Å². The van der Waals surface area contributed by atoms with Gasteiger partial charge in [0.1, 0.15) is 13.5 Å². The van der Waals surface area contributed by atoms with Gasteiger partial charge in [-0.25, -0.2) is 9.59 Å². The van der Waals surface area contributed by atoms with E-state index in [1.807, 2.05) is 32.0 Å². The van der Waals surface area contributed by atoms with Crippen LogP contribution in [0.5, 0.6) is 11.5 Å². The Hall–Kier alpha value is -3.66. The zero-order valence-corrected chi connectivity index (χ0v) is 34.9. The Labute approximate surface area is 327 Å². The van der Waals surface area contributed by atoms with Gasteiger partial charge in [0.2, 0.25) is 18.6 Å². The van der Waals surface area contributed by atoms with Crippen molar-refractivity contribution in [3.05, 3.63) is 23.8 Å². The molecule has 4 unspecified atom stereocenters. The summed E-state index contributed by atoms with van der Waals surface area (Å²) in [6.45, 7) is 17.1. The molecular formula is C40H67N3O12. The highest BCUT2D eigenvalue weighted by atomic mass is 16.7. The maximum Gasteiger partial charge on any atom is 0.414 e. The van der Waals surface area contributed by atoms with Crippen LogP contribution in [0.15, 0.2) is 18.2 Å². The van der Waals surface area contributed by atoms with Crippen molar-refractivity contribution in [2.45, 2.75) is 106 Å². The molecule has 1 aliphatic rings. The van der Waals surface area contributed by atoms with E-state index in [1.165, 1.54) is 18.7 Å². The predicted octanol–water partition coefficient (Wildman–Crippen LogP) is 5.06. The summed E-state index contributed by atoms with van der Waals surface area (Å²) in [5, 5.41) is 2.91. The van der Waals surface area contributed by atoms with E-state index in [2.05, 4.69) is 19.2 Å². The lowest BCUT2D eigenvalue weighted by atomic mass is 9.80. The van der Waals surface area contributed by atoms with Crippen molar-refractivity contribution in [3.63, 3.8) is 0 Å². The van der Waals surface area contributed by atoms with Crippen LogP contribution in [0.1, 0.15) is 87.1 Å². The molecule has 3 amide bonds. The van der Waals surface area contributed by atoms with Gasteiger partial charge in [0.05, 0.1) is 31.3 Å². The number of carbonyl (C=O) groups excluding carboxylic acids is 4. The Morgan fingerprint density at radius 3 is 2.27 bits per heavy atom. The van der Waals surface area contributed by atoms with Gasteiger partial charge in [-0.15, -0.1) is 0 Å². The van der Waals surface area contributed by atoms with Crippen molar-refractivity contribution >= 4 is 23.9 Å². The van der Waals surface area contributed by atoms with Crippen LogP contribution < -0.4 is 20.5 Å². The molecule has 0 radical (unpaired) electrons. The standard InChI is InChI=1S/C40H67N3O12/c1-12-50-24-55-40(8,9)37(46)53-25-54-38(47)43-23-52-33(21-30(27(4)5)35(44)42-22-39(6,7)36(41)45)31(43)20-29(26(2)3)18-28-14-15-32(49-11)34(19-28)51-17-13-16-48-10/h14-15,19,26-27,29-31,33H,12-13,16-18,20-25H2,1-11H3,(H2,41,45)(H,42,44). The van der Waals surface area contributed by atoms with E-state index < -0.39 is 53.8 Å². The second kappa shape index (κ2) is 22.8. The fourth-order valence-corrected chi connectivity index (χ4v) is 6.01. The lowest BCUT2D eigenvalue weighted by molar-refractivity contribution is -0.190. The van der Waals surface area contributed by atoms with Crippen LogP contribution in [0, 0.1) is 29.1 Å². The van der Waals surface area contributed by atoms with Gasteiger partial charge in [0.25, 0.3) is 0 Å². The smallest absolute Gasteiger partial charge is 0.414 e. The lowest BCUT2D eigenvalue weighted by Gasteiger charge is -2.33. The van der Waals surface area contributed by atoms with Gasteiger partial charge >= 0.3 is 12.1 Å². The molecule has 0 saturated carbocycles. The van der Waals surface area contributed by atoms with Gasteiger partial charge in [-0.2, -0.15) is 0 Å². The molecule has 1 heterocycles. The first-order valence-corrected chi connectivity index (χ1v) is 19.2. The molecule has 1 aromatic rings. The third-order valence-corrected chi connectivity index (χ3v) is 10.0. The molecule has 15 nitrogen and oxygen atoms in total. The van der Waals surface area contributed by atoms with Crippen LogP contribution in [0.2, 0.25) is 0 Å². The van der Waals surface area contributed by atoms with E-state index in [4.69, 9.17) is 43.6 Å². The number of esters is 1. The monoisotopic (exact) mass is 781 g/mol. The molecule has 3 N–H and O–H groups in total. The van der Waals surface area contributed by atoms with E-state index in [1.54, 1.807) is 35.0 Å². The molecule has 1 aromatic carbocycles. The third kappa shape index (κ3) is 15.1. The van der Waals surface area contributed by atoms with Crippen LogP contribution in [-0.2, 0) is 49.2 Å². The normalized spacial score (nSPS) is 17.2. The summed E-state index contributed by atoms with van der Waals surface area (Å²) >= 11 is 0. The predicted molar refractivity (Wildman–Crippen MR) is 205 cm³/mol. The number of methoxy groups -OCH3 is 2. The Morgan fingerprint density at radius 1 is 0.964 bits per heavy atom. The number of primary amides is 1. The molecule has 4 atom stereocenters. The minimum Gasteiger partial charge on any atom is -0.493 e. The fraction of sp³-hybridized carbons (Fsp3) is 0.750. The van der Waals surface area contributed by atoms with Gasteiger partial charge in [-0.05, 0) is 89.3 Å². The number of nitrogens with zero attached hydrogens (tertiary/aromatic N) is 1. The molecule has 1 saturated heterocycles. The first-order chi connectivity index (χ1) is 25.9. The number of nitrogens with one attached hydrogen (secondary N) is 1. The number of amides is 3. The molecule has 0 aromatic heterocycles. The molecule has 0 spiro atoms. The Bertz CT molecular complexity index is 1370. The summed E-state index contributed by atoms with van der Waals surface area (Å²) < 4.78 is 44.4. The van der Waals surface area contributed by atoms with E-state index in [9.17, 15) is 19.2 Å². The summed E-state index contributed by atoms with van der Waals surface area (Å²) in [7, 11) is 3.25. The highest BCUT2D eigenvalue weighted by Gasteiger charge is 2.43. The van der Waals surface area contributed by atoms with Gasteiger partial charge in [0, 0.05) is 39.2 Å². The quantitative estimate of drug-likeness (QED) is 0.0766. The summed E-state index contributed by atoms with van der Waals surface area (Å²) in [5.41, 5.74) is 4.32. The number of hydrogen-bond donors (Lipinski definition) is 2. The molecule has 1 aliphatic heterocycles. The van der Waals surface area contributed by atoms with Crippen LogP contribution in [0.25, 0.3) is 0 Å². The number of hydrogen-bond acceptors (Lipinski definition) is 12. The second-order valence-electron chi connectivity index (χ2n) is 15.8. The summed E-state index contributed by atoms with van der Waals surface area (Å²) in [4.78, 5) is 53.4. The van der Waals surface area contributed by atoms with Crippen molar-refractivity contribution in [3.8, 4) is 11.5 Å². The minimum absolute atomic E-state index is 0.0584. The highest BCUT2D eigenvalue weighted by Crippen LogP contribution is 2.36.